The summed E-state index contributed by atoms with van der Waals surface area (Å²) in [5.41, 5.74) is 1.79. The zero-order valence-corrected chi connectivity index (χ0v) is 30.3. The topological polar surface area (TPSA) is 133 Å². The van der Waals surface area contributed by atoms with Crippen LogP contribution < -0.4 is 59.1 Å². The molecule has 8 atom stereocenters. The van der Waals surface area contributed by atoms with Crippen LogP contribution in [0.2, 0.25) is 0 Å². The van der Waals surface area contributed by atoms with Gasteiger partial charge in [0.05, 0.1) is 0 Å². The Labute approximate surface area is 280 Å². The van der Waals surface area contributed by atoms with E-state index in [2.05, 4.69) is 44.0 Å². The monoisotopic (exact) mass is 604 g/mol. The molecule has 212 valence electrons. The van der Waals surface area contributed by atoms with E-state index in [0.717, 1.165) is 30.8 Å². The number of rotatable bonds is 9. The fourth-order valence-corrected chi connectivity index (χ4v) is 9.47. The van der Waals surface area contributed by atoms with Gasteiger partial charge in [0.25, 0.3) is 0 Å². The molecular weight excluding hydrogens is 562 g/mol. The predicted octanol–water partition coefficient (Wildman–Crippen LogP) is -0.743. The SMILES string of the molecule is CC(C)CCC[C@@H](C)[C@H]1CC[C@H]2[C@@H]3CC=C4C[C@H](OS(=O)(=O)[O-])[C@@H](OS(=O)(=O)[O-])C[C@]4(C)C3=CC[C@]12C.[Na+].[Na+]. The first-order valence-corrected chi connectivity index (χ1v) is 16.4. The van der Waals surface area contributed by atoms with Gasteiger partial charge in [-0.1, -0.05) is 77.2 Å². The van der Waals surface area contributed by atoms with Crippen molar-refractivity contribution in [3.63, 3.8) is 0 Å². The smallest absolute Gasteiger partial charge is 0.726 e. The summed E-state index contributed by atoms with van der Waals surface area (Å²) >= 11 is 0. The van der Waals surface area contributed by atoms with Crippen LogP contribution in [0.15, 0.2) is 23.3 Å². The minimum absolute atomic E-state index is 0. The summed E-state index contributed by atoms with van der Waals surface area (Å²) in [7, 11) is -10.2. The van der Waals surface area contributed by atoms with E-state index in [-0.39, 0.29) is 77.4 Å². The van der Waals surface area contributed by atoms with Crippen LogP contribution in [0.3, 0.4) is 0 Å². The zero-order chi connectivity index (χ0) is 27.4. The molecule has 39 heavy (non-hydrogen) atoms. The average Bonchev–Trinajstić information content (AvgIpc) is 3.09. The van der Waals surface area contributed by atoms with E-state index in [1.165, 1.54) is 31.3 Å². The first-order valence-electron chi connectivity index (χ1n) is 13.7. The van der Waals surface area contributed by atoms with Crippen LogP contribution in [0.25, 0.3) is 0 Å². The molecule has 0 heterocycles. The van der Waals surface area contributed by atoms with Crippen LogP contribution in [-0.4, -0.2) is 38.1 Å². The van der Waals surface area contributed by atoms with Crippen molar-refractivity contribution >= 4 is 20.8 Å². The molecule has 0 aromatic carbocycles. The Morgan fingerprint density at radius 3 is 2.15 bits per heavy atom. The quantitative estimate of drug-likeness (QED) is 0.146. The van der Waals surface area contributed by atoms with Gasteiger partial charge in [-0.3, -0.25) is 8.37 Å². The van der Waals surface area contributed by atoms with Gasteiger partial charge in [0.15, 0.2) is 0 Å². The molecule has 0 unspecified atom stereocenters. The zero-order valence-electron chi connectivity index (χ0n) is 24.6. The van der Waals surface area contributed by atoms with Gasteiger partial charge < -0.3 is 9.11 Å². The fourth-order valence-electron chi connectivity index (χ4n) is 8.48. The molecule has 8 nitrogen and oxygen atoms in total. The maximum absolute atomic E-state index is 11.5. The van der Waals surface area contributed by atoms with Gasteiger partial charge in [-0.25, -0.2) is 16.8 Å². The standard InChI is InChI=1S/C27H44O8S2.2Na/c1-17(2)7-6-8-18(3)21-11-12-22-20-10-9-19-15-24(34-36(28,29)30)25(35-37(31,32)33)16-27(19,5)23(20)13-14-26(21,22)4;;/h9,13,17-18,20-22,24-25H,6-8,10-12,14-16H2,1-5H3,(H,28,29,30)(H,31,32,33);;/q;2*+1/p-2/t18-,20+,21-,22+,24+,25+,26-,27+;;/m1../s1. The van der Waals surface area contributed by atoms with E-state index in [4.69, 9.17) is 4.18 Å². The van der Waals surface area contributed by atoms with Crippen molar-refractivity contribution in [1.82, 2.24) is 0 Å². The van der Waals surface area contributed by atoms with Crippen LogP contribution in [0.5, 0.6) is 0 Å². The third-order valence-corrected chi connectivity index (χ3v) is 11.1. The van der Waals surface area contributed by atoms with Crippen molar-refractivity contribution in [2.45, 2.75) is 105 Å². The van der Waals surface area contributed by atoms with Gasteiger partial charge in [-0.2, -0.15) is 0 Å². The van der Waals surface area contributed by atoms with Crippen LogP contribution >= 0.6 is 0 Å². The first-order chi connectivity index (χ1) is 17.0. The second-order valence-electron chi connectivity index (χ2n) is 12.9. The number of hydrogen-bond acceptors (Lipinski definition) is 8. The molecular formula is C27H42Na2O8S2. The molecule has 0 N–H and O–H groups in total. The van der Waals surface area contributed by atoms with Gasteiger partial charge in [-0.15, -0.1) is 0 Å². The van der Waals surface area contributed by atoms with E-state index >= 15 is 0 Å². The molecule has 0 saturated heterocycles. The normalized spacial score (nSPS) is 36.9. The molecule has 0 aromatic rings. The van der Waals surface area contributed by atoms with Crippen molar-refractivity contribution in [2.75, 3.05) is 0 Å². The first kappa shape index (κ1) is 36.4. The molecule has 4 aliphatic carbocycles. The molecule has 0 radical (unpaired) electrons. The largest absolute Gasteiger partial charge is 1.00 e. The maximum atomic E-state index is 11.5. The Kier molecular flexibility index (Phi) is 12.6. The molecule has 0 spiro atoms. The summed E-state index contributed by atoms with van der Waals surface area (Å²) in [5, 5.41) is 0. The molecule has 4 rings (SSSR count). The summed E-state index contributed by atoms with van der Waals surface area (Å²) in [5.74, 6) is 2.87. The second-order valence-corrected chi connectivity index (χ2v) is 14.9. The number of hydrogen-bond donors (Lipinski definition) is 0. The van der Waals surface area contributed by atoms with E-state index in [9.17, 15) is 25.9 Å². The van der Waals surface area contributed by atoms with Gasteiger partial charge >= 0.3 is 59.1 Å². The van der Waals surface area contributed by atoms with Gasteiger partial charge in [0, 0.05) is 5.41 Å². The van der Waals surface area contributed by atoms with Crippen molar-refractivity contribution in [1.29, 1.82) is 0 Å². The van der Waals surface area contributed by atoms with Crippen molar-refractivity contribution in [3.05, 3.63) is 23.3 Å². The Bertz CT molecular complexity index is 1150. The summed E-state index contributed by atoms with van der Waals surface area (Å²) < 4.78 is 77.9. The molecule has 2 saturated carbocycles. The second kappa shape index (κ2) is 13.5. The third kappa shape index (κ3) is 8.04. The number of fused-ring (bicyclic) bond motifs is 5. The average molecular weight is 605 g/mol. The van der Waals surface area contributed by atoms with Crippen LogP contribution in [0.4, 0.5) is 0 Å². The summed E-state index contributed by atoms with van der Waals surface area (Å²) in [4.78, 5) is 0. The van der Waals surface area contributed by atoms with E-state index in [0.29, 0.717) is 23.7 Å². The predicted molar refractivity (Wildman–Crippen MR) is 138 cm³/mol. The Morgan fingerprint density at radius 2 is 1.56 bits per heavy atom. The van der Waals surface area contributed by atoms with Gasteiger partial charge in [0.1, 0.15) is 12.2 Å². The maximum Gasteiger partial charge on any atom is 1.00 e. The van der Waals surface area contributed by atoms with E-state index in [1.807, 2.05) is 6.92 Å². The third-order valence-electron chi connectivity index (χ3n) is 10.1. The van der Waals surface area contributed by atoms with Gasteiger partial charge in [-0.05, 0) is 73.5 Å². The Morgan fingerprint density at radius 1 is 0.949 bits per heavy atom. The minimum Gasteiger partial charge on any atom is -0.726 e. The summed E-state index contributed by atoms with van der Waals surface area (Å²) in [6, 6.07) is 0. The molecule has 0 aromatic heterocycles. The molecule has 2 fully saturated rings. The molecule has 0 amide bonds. The van der Waals surface area contributed by atoms with E-state index < -0.39 is 38.4 Å². The fraction of sp³-hybridized carbons (Fsp3) is 0.852. The summed E-state index contributed by atoms with van der Waals surface area (Å²) in [6.45, 7) is 11.4. The molecule has 4 aliphatic rings. The van der Waals surface area contributed by atoms with Crippen LogP contribution in [-0.2, 0) is 29.2 Å². The summed E-state index contributed by atoms with van der Waals surface area (Å²) in [6.07, 6.45) is 9.79. The minimum atomic E-state index is -5.13. The molecule has 12 heteroatoms. The van der Waals surface area contributed by atoms with Crippen molar-refractivity contribution in [2.24, 2.45) is 40.4 Å². The van der Waals surface area contributed by atoms with Gasteiger partial charge in [0.2, 0.25) is 20.8 Å². The molecule has 0 aliphatic heterocycles. The van der Waals surface area contributed by atoms with E-state index in [1.54, 1.807) is 0 Å². The van der Waals surface area contributed by atoms with Crippen LogP contribution in [0, 0.1) is 40.4 Å². The Balaban J connectivity index is 0.00000267. The Hall–Kier alpha value is 1.22. The van der Waals surface area contributed by atoms with Crippen LogP contribution in [0.1, 0.15) is 92.4 Å². The molecule has 0 bridgehead atoms. The van der Waals surface area contributed by atoms with Crippen molar-refractivity contribution < 1.29 is 93.4 Å². The number of allylic oxidation sites excluding steroid dienone is 3. The van der Waals surface area contributed by atoms with Crippen molar-refractivity contribution in [3.8, 4) is 0 Å².